The number of rotatable bonds is 5. The first-order valence-electron chi connectivity index (χ1n) is 12.2. The van der Waals surface area contributed by atoms with Crippen LogP contribution >= 0.6 is 11.6 Å². The number of H-pyrrole nitrogens is 1. The van der Waals surface area contributed by atoms with E-state index in [1.807, 2.05) is 0 Å². The quantitative estimate of drug-likeness (QED) is 0.385. The van der Waals surface area contributed by atoms with E-state index < -0.39 is 17.5 Å². The van der Waals surface area contributed by atoms with Gasteiger partial charge in [-0.05, 0) is 72.0 Å². The van der Waals surface area contributed by atoms with E-state index in [1.54, 1.807) is 11.0 Å². The zero-order chi connectivity index (χ0) is 27.3. The predicted molar refractivity (Wildman–Crippen MR) is 136 cm³/mol. The molecule has 0 unspecified atom stereocenters. The molecule has 2 aliphatic heterocycles. The molecular weight excluding hydrogens is 530 g/mol. The van der Waals surface area contributed by atoms with Crippen LogP contribution in [0.4, 0.5) is 8.78 Å². The average Bonchev–Trinajstić information content (AvgIpc) is 3.67. The van der Waals surface area contributed by atoms with Crippen LogP contribution < -0.4 is 5.73 Å². The highest BCUT2D eigenvalue weighted by molar-refractivity contribution is 6.31. The van der Waals surface area contributed by atoms with E-state index >= 15 is 4.39 Å². The molecule has 198 valence electrons. The number of aromatic nitrogens is 6. The second-order valence-corrected chi connectivity index (χ2v) is 9.86. The number of imidazole rings is 1. The number of hydrogen-bond donors (Lipinski definition) is 2. The largest absolute Gasteiger partial charge is 0.366 e. The molecule has 4 aromatic rings. The summed E-state index contributed by atoms with van der Waals surface area (Å²) in [6.45, 7) is 0. The van der Waals surface area contributed by atoms with Crippen LogP contribution in [0.15, 0.2) is 48.9 Å². The fourth-order valence-electron chi connectivity index (χ4n) is 5.42. The molecule has 13 heteroatoms. The summed E-state index contributed by atoms with van der Waals surface area (Å²) in [5.41, 5.74) is 6.98. The van der Waals surface area contributed by atoms with Crippen LogP contribution in [-0.2, 0) is 4.79 Å². The van der Waals surface area contributed by atoms with Crippen LogP contribution in [0, 0.1) is 11.6 Å². The highest BCUT2D eigenvalue weighted by Gasteiger charge is 2.40. The van der Waals surface area contributed by atoms with Crippen LogP contribution in [0.2, 0.25) is 5.02 Å². The molecule has 10 nitrogen and oxygen atoms in total. The predicted octanol–water partition coefficient (Wildman–Crippen LogP) is 3.99. The normalized spacial score (nSPS) is 19.1. The van der Waals surface area contributed by atoms with Crippen molar-refractivity contribution in [2.24, 2.45) is 5.73 Å². The molecule has 0 saturated carbocycles. The molecule has 2 atom stereocenters. The number of halogens is 3. The molecule has 0 spiro atoms. The van der Waals surface area contributed by atoms with Gasteiger partial charge >= 0.3 is 0 Å². The van der Waals surface area contributed by atoms with Crippen molar-refractivity contribution < 1.29 is 18.4 Å². The summed E-state index contributed by atoms with van der Waals surface area (Å²) in [7, 11) is 0. The maximum absolute atomic E-state index is 15.3. The Morgan fingerprint density at radius 2 is 2.00 bits per heavy atom. The van der Waals surface area contributed by atoms with Gasteiger partial charge in [0.1, 0.15) is 18.0 Å². The Balaban J connectivity index is 1.32. The molecule has 0 aliphatic carbocycles. The van der Waals surface area contributed by atoms with E-state index in [4.69, 9.17) is 17.3 Å². The molecular formula is C26H21ClF2N8O2. The molecule has 39 heavy (non-hydrogen) atoms. The number of fused-ring (bicyclic) bond motifs is 1. The van der Waals surface area contributed by atoms with E-state index in [2.05, 4.69) is 25.5 Å². The Kier molecular flexibility index (Phi) is 6.18. The molecule has 0 bridgehead atoms. The summed E-state index contributed by atoms with van der Waals surface area (Å²) >= 11 is 6.11. The van der Waals surface area contributed by atoms with Crippen LogP contribution in [-0.4, -0.2) is 52.9 Å². The highest BCUT2D eigenvalue weighted by Crippen LogP contribution is 2.42. The lowest BCUT2D eigenvalue weighted by Crippen LogP contribution is -2.35. The molecule has 3 N–H and O–H groups in total. The van der Waals surface area contributed by atoms with Gasteiger partial charge in [0.15, 0.2) is 5.82 Å². The first-order chi connectivity index (χ1) is 18.8. The van der Waals surface area contributed by atoms with Crippen molar-refractivity contribution in [2.45, 2.75) is 37.8 Å². The molecule has 4 heterocycles. The molecule has 0 radical (unpaired) electrons. The number of nitrogens with two attached hydrogens (primary N) is 1. The van der Waals surface area contributed by atoms with Gasteiger partial charge in [-0.15, -0.1) is 5.10 Å². The van der Waals surface area contributed by atoms with Crippen LogP contribution in [0.5, 0.6) is 0 Å². The molecule has 2 aromatic heterocycles. The number of benzene rings is 2. The lowest BCUT2D eigenvalue weighted by molar-refractivity contribution is -0.128. The SMILES string of the molecule is NC(=O)c1ccc(-c2cnc([C@@H]3CC[C@@H]4CCC(c5c(-n6cnnn6)ccc(Cl)c5F)=CC(=O)N43)[nH]2)c(F)c1. The van der Waals surface area contributed by atoms with Gasteiger partial charge in [-0.25, -0.2) is 13.8 Å². The zero-order valence-electron chi connectivity index (χ0n) is 20.3. The summed E-state index contributed by atoms with van der Waals surface area (Å²) in [4.78, 5) is 34.3. The van der Waals surface area contributed by atoms with Gasteiger partial charge in [-0.2, -0.15) is 4.68 Å². The zero-order valence-corrected chi connectivity index (χ0v) is 21.1. The minimum absolute atomic E-state index is 0.0618. The minimum atomic E-state index is -0.724. The third-order valence-electron chi connectivity index (χ3n) is 7.25. The average molecular weight is 551 g/mol. The maximum Gasteiger partial charge on any atom is 0.248 e. The van der Waals surface area contributed by atoms with Crippen molar-refractivity contribution in [3.05, 3.63) is 82.5 Å². The van der Waals surface area contributed by atoms with Crippen molar-refractivity contribution in [3.63, 3.8) is 0 Å². The van der Waals surface area contributed by atoms with E-state index in [9.17, 15) is 14.0 Å². The standard InChI is InChI=1S/C26H21ClF2N8O2/c27-17-6-8-20(36-12-32-34-35-36)23(24(17)29)13-1-3-15-4-7-21(37(15)22(38)10-13)26-31-11-19(33-26)16-5-2-14(25(30)39)9-18(16)28/h2,5-6,8-12,15,21H,1,3-4,7H2,(H2,30,39)(H,31,33)/t15-,21-/m0/s1. The van der Waals surface area contributed by atoms with Gasteiger partial charge in [0.2, 0.25) is 11.8 Å². The summed E-state index contributed by atoms with van der Waals surface area (Å²) in [5.74, 6) is -1.77. The van der Waals surface area contributed by atoms with Crippen molar-refractivity contribution >= 4 is 29.0 Å². The van der Waals surface area contributed by atoms with Gasteiger partial charge in [0.05, 0.1) is 28.6 Å². The lowest BCUT2D eigenvalue weighted by atomic mass is 9.96. The highest BCUT2D eigenvalue weighted by atomic mass is 35.5. The number of nitrogens with zero attached hydrogens (tertiary/aromatic N) is 6. The van der Waals surface area contributed by atoms with Crippen LogP contribution in [0.1, 0.15) is 53.5 Å². The second kappa shape index (κ2) is 9.70. The Labute approximate surface area is 225 Å². The molecule has 1 saturated heterocycles. The van der Waals surface area contributed by atoms with E-state index in [0.29, 0.717) is 42.0 Å². The smallest absolute Gasteiger partial charge is 0.248 e. The molecule has 1 fully saturated rings. The number of amides is 2. The van der Waals surface area contributed by atoms with E-state index in [1.165, 1.54) is 41.5 Å². The molecule has 2 amide bonds. The van der Waals surface area contributed by atoms with Gasteiger partial charge in [0, 0.05) is 28.8 Å². The van der Waals surface area contributed by atoms with E-state index in [0.717, 1.165) is 12.5 Å². The number of primary amides is 1. The van der Waals surface area contributed by atoms with Crippen molar-refractivity contribution in [3.8, 4) is 16.9 Å². The number of nitrogens with one attached hydrogen (secondary N) is 1. The van der Waals surface area contributed by atoms with Gasteiger partial charge in [-0.1, -0.05) is 11.6 Å². The van der Waals surface area contributed by atoms with Gasteiger partial charge in [0.25, 0.3) is 0 Å². The molecule has 6 rings (SSSR count). The summed E-state index contributed by atoms with van der Waals surface area (Å²) in [6.07, 6.45) is 6.71. The van der Waals surface area contributed by atoms with E-state index in [-0.39, 0.29) is 39.7 Å². The second-order valence-electron chi connectivity index (χ2n) is 9.45. The fourth-order valence-corrected chi connectivity index (χ4v) is 5.58. The number of allylic oxidation sites excluding steroid dienone is 1. The first kappa shape index (κ1) is 24.9. The third kappa shape index (κ3) is 4.36. The Morgan fingerprint density at radius 1 is 1.15 bits per heavy atom. The molecule has 2 aliphatic rings. The lowest BCUT2D eigenvalue weighted by Gasteiger charge is -2.27. The van der Waals surface area contributed by atoms with Crippen LogP contribution in [0.25, 0.3) is 22.5 Å². The topological polar surface area (TPSA) is 136 Å². The van der Waals surface area contributed by atoms with Crippen molar-refractivity contribution in [2.75, 3.05) is 0 Å². The van der Waals surface area contributed by atoms with Gasteiger partial charge < -0.3 is 15.6 Å². The number of tetrazole rings is 1. The first-order valence-corrected chi connectivity index (χ1v) is 12.6. The Bertz CT molecular complexity index is 1630. The fraction of sp³-hybridized carbons (Fsp3) is 0.231. The Hall–Kier alpha value is -4.45. The molecule has 2 aromatic carbocycles. The number of aromatic amines is 1. The maximum atomic E-state index is 15.3. The number of carbonyl (C=O) groups excluding carboxylic acids is 2. The minimum Gasteiger partial charge on any atom is -0.366 e. The summed E-state index contributed by atoms with van der Waals surface area (Å²) in [5, 5.41) is 11.1. The monoisotopic (exact) mass is 550 g/mol. The third-order valence-corrected chi connectivity index (χ3v) is 7.54. The van der Waals surface area contributed by atoms with Crippen molar-refractivity contribution in [1.82, 2.24) is 35.1 Å². The van der Waals surface area contributed by atoms with Crippen molar-refractivity contribution in [1.29, 1.82) is 0 Å². The summed E-state index contributed by atoms with van der Waals surface area (Å²) < 4.78 is 31.4. The summed E-state index contributed by atoms with van der Waals surface area (Å²) in [6, 6.07) is 6.54. The number of hydrogen-bond acceptors (Lipinski definition) is 6. The number of carbonyl (C=O) groups is 2. The van der Waals surface area contributed by atoms with Gasteiger partial charge in [-0.3, -0.25) is 9.59 Å². The van der Waals surface area contributed by atoms with Crippen LogP contribution in [0.3, 0.4) is 0 Å². The Morgan fingerprint density at radius 3 is 2.74 bits per heavy atom.